The highest BCUT2D eigenvalue weighted by atomic mass is 16.5. The summed E-state index contributed by atoms with van der Waals surface area (Å²) in [5, 5.41) is 13.7. The number of hydrogen-bond donors (Lipinski definition) is 1. The molecule has 0 saturated heterocycles. The zero-order valence-corrected chi connectivity index (χ0v) is 8.32. The van der Waals surface area contributed by atoms with Gasteiger partial charge >= 0.3 is 0 Å². The van der Waals surface area contributed by atoms with Gasteiger partial charge in [0, 0.05) is 12.8 Å². The van der Waals surface area contributed by atoms with Crippen LogP contribution in [0.5, 0.6) is 0 Å². The molecular formula is C9H16N2O2. The van der Waals surface area contributed by atoms with Gasteiger partial charge in [-0.25, -0.2) is 0 Å². The molecule has 0 spiro atoms. The SMILES string of the molecule is COCC(O)Cn1nc(C)cc1C. The van der Waals surface area contributed by atoms with Gasteiger partial charge in [0.25, 0.3) is 0 Å². The van der Waals surface area contributed by atoms with Crippen LogP contribution in [0.1, 0.15) is 11.4 Å². The Bertz CT molecular complexity index is 271. The highest BCUT2D eigenvalue weighted by molar-refractivity contribution is 5.06. The van der Waals surface area contributed by atoms with Crippen molar-refractivity contribution in [1.29, 1.82) is 0 Å². The Morgan fingerprint density at radius 1 is 1.62 bits per heavy atom. The van der Waals surface area contributed by atoms with Crippen LogP contribution in [0, 0.1) is 13.8 Å². The monoisotopic (exact) mass is 184 g/mol. The second kappa shape index (κ2) is 4.39. The third-order valence-electron chi connectivity index (χ3n) is 1.85. The van der Waals surface area contributed by atoms with Crippen LogP contribution < -0.4 is 0 Å². The Morgan fingerprint density at radius 3 is 2.77 bits per heavy atom. The number of aliphatic hydroxyl groups excluding tert-OH is 1. The zero-order chi connectivity index (χ0) is 9.84. The maximum absolute atomic E-state index is 9.45. The third-order valence-corrected chi connectivity index (χ3v) is 1.85. The van der Waals surface area contributed by atoms with Crippen LogP contribution in [-0.4, -0.2) is 34.7 Å². The highest BCUT2D eigenvalue weighted by Crippen LogP contribution is 2.02. The number of ether oxygens (including phenoxy) is 1. The zero-order valence-electron chi connectivity index (χ0n) is 8.32. The molecule has 0 fully saturated rings. The first kappa shape index (κ1) is 10.2. The molecule has 1 unspecified atom stereocenters. The Kier molecular flexibility index (Phi) is 3.45. The van der Waals surface area contributed by atoms with Crippen molar-refractivity contribution in [3.8, 4) is 0 Å². The molecular weight excluding hydrogens is 168 g/mol. The minimum absolute atomic E-state index is 0.346. The lowest BCUT2D eigenvalue weighted by Crippen LogP contribution is -2.22. The van der Waals surface area contributed by atoms with E-state index < -0.39 is 6.10 Å². The fraction of sp³-hybridized carbons (Fsp3) is 0.667. The number of hydrogen-bond acceptors (Lipinski definition) is 3. The van der Waals surface area contributed by atoms with Crippen LogP contribution in [0.3, 0.4) is 0 Å². The predicted octanol–water partition coefficient (Wildman–Crippen LogP) is 0.507. The number of nitrogens with zero attached hydrogens (tertiary/aromatic N) is 2. The van der Waals surface area contributed by atoms with Crippen LogP contribution in [-0.2, 0) is 11.3 Å². The van der Waals surface area contributed by atoms with Crippen LogP contribution in [0.2, 0.25) is 0 Å². The van der Waals surface area contributed by atoms with Crippen molar-refractivity contribution in [3.63, 3.8) is 0 Å². The molecule has 4 nitrogen and oxygen atoms in total. The van der Waals surface area contributed by atoms with Gasteiger partial charge in [0.2, 0.25) is 0 Å². The van der Waals surface area contributed by atoms with Gasteiger partial charge in [-0.3, -0.25) is 4.68 Å². The number of aliphatic hydroxyl groups is 1. The van der Waals surface area contributed by atoms with Gasteiger partial charge in [-0.2, -0.15) is 5.10 Å². The standard InChI is InChI=1S/C9H16N2O2/c1-7-4-8(2)11(10-7)5-9(12)6-13-3/h4,9,12H,5-6H2,1-3H3. The Hall–Kier alpha value is -0.870. The van der Waals surface area contributed by atoms with Gasteiger partial charge in [0.05, 0.1) is 24.9 Å². The van der Waals surface area contributed by atoms with E-state index in [1.165, 1.54) is 0 Å². The largest absolute Gasteiger partial charge is 0.389 e. The van der Waals surface area contributed by atoms with E-state index in [1.54, 1.807) is 11.8 Å². The first-order valence-electron chi connectivity index (χ1n) is 4.31. The molecule has 0 aromatic carbocycles. The summed E-state index contributed by atoms with van der Waals surface area (Å²) >= 11 is 0. The summed E-state index contributed by atoms with van der Waals surface area (Å²) in [6.45, 7) is 4.75. The smallest absolute Gasteiger partial charge is 0.0968 e. The second-order valence-electron chi connectivity index (χ2n) is 3.22. The van der Waals surface area contributed by atoms with Gasteiger partial charge in [-0.1, -0.05) is 0 Å². The van der Waals surface area contributed by atoms with Crippen LogP contribution >= 0.6 is 0 Å². The summed E-state index contributed by atoms with van der Waals surface area (Å²) in [6.07, 6.45) is -0.483. The average molecular weight is 184 g/mol. The van der Waals surface area contributed by atoms with Gasteiger partial charge < -0.3 is 9.84 Å². The molecule has 0 bridgehead atoms. The molecule has 74 valence electrons. The quantitative estimate of drug-likeness (QED) is 0.741. The van der Waals surface area contributed by atoms with E-state index in [0.717, 1.165) is 11.4 Å². The van der Waals surface area contributed by atoms with E-state index in [2.05, 4.69) is 5.10 Å². The topological polar surface area (TPSA) is 47.3 Å². The summed E-state index contributed by atoms with van der Waals surface area (Å²) in [4.78, 5) is 0. The Labute approximate surface area is 78.1 Å². The molecule has 0 saturated carbocycles. The molecule has 1 heterocycles. The maximum Gasteiger partial charge on any atom is 0.0968 e. The average Bonchev–Trinajstić information content (AvgIpc) is 2.30. The molecule has 0 radical (unpaired) electrons. The summed E-state index contributed by atoms with van der Waals surface area (Å²) in [5.74, 6) is 0. The predicted molar refractivity (Wildman–Crippen MR) is 49.6 cm³/mol. The number of rotatable bonds is 4. The van der Waals surface area contributed by atoms with E-state index in [9.17, 15) is 5.11 Å². The molecule has 1 aromatic rings. The van der Waals surface area contributed by atoms with Gasteiger partial charge in [-0.05, 0) is 19.9 Å². The molecule has 0 aliphatic rings. The van der Waals surface area contributed by atoms with E-state index >= 15 is 0 Å². The van der Waals surface area contributed by atoms with E-state index in [4.69, 9.17) is 4.74 Å². The molecule has 0 amide bonds. The second-order valence-corrected chi connectivity index (χ2v) is 3.22. The van der Waals surface area contributed by atoms with Gasteiger partial charge in [0.15, 0.2) is 0 Å². The fourth-order valence-electron chi connectivity index (χ4n) is 1.30. The maximum atomic E-state index is 9.45. The van der Waals surface area contributed by atoms with E-state index in [-0.39, 0.29) is 0 Å². The molecule has 1 aromatic heterocycles. The Balaban J connectivity index is 2.57. The van der Waals surface area contributed by atoms with Gasteiger partial charge in [-0.15, -0.1) is 0 Å². The molecule has 13 heavy (non-hydrogen) atoms. The molecule has 1 rings (SSSR count). The first-order chi connectivity index (χ1) is 6.13. The first-order valence-corrected chi connectivity index (χ1v) is 4.31. The van der Waals surface area contributed by atoms with E-state index in [0.29, 0.717) is 13.2 Å². The van der Waals surface area contributed by atoms with Crippen LogP contribution in [0.4, 0.5) is 0 Å². The van der Waals surface area contributed by atoms with Crippen molar-refractivity contribution < 1.29 is 9.84 Å². The van der Waals surface area contributed by atoms with Crippen molar-refractivity contribution in [3.05, 3.63) is 17.5 Å². The lowest BCUT2D eigenvalue weighted by molar-refractivity contribution is 0.0509. The van der Waals surface area contributed by atoms with Crippen molar-refractivity contribution in [2.24, 2.45) is 0 Å². The minimum Gasteiger partial charge on any atom is -0.389 e. The number of methoxy groups -OCH3 is 1. The van der Waals surface area contributed by atoms with Crippen LogP contribution in [0.15, 0.2) is 6.07 Å². The summed E-state index contributed by atoms with van der Waals surface area (Å²) < 4.78 is 6.62. The molecule has 1 atom stereocenters. The normalized spacial score (nSPS) is 13.2. The fourth-order valence-corrected chi connectivity index (χ4v) is 1.30. The minimum atomic E-state index is -0.483. The number of aryl methyl sites for hydroxylation is 2. The lowest BCUT2D eigenvalue weighted by Gasteiger charge is -2.10. The van der Waals surface area contributed by atoms with Crippen molar-refractivity contribution in [2.75, 3.05) is 13.7 Å². The molecule has 4 heteroatoms. The Morgan fingerprint density at radius 2 is 2.31 bits per heavy atom. The van der Waals surface area contributed by atoms with Crippen molar-refractivity contribution in [1.82, 2.24) is 9.78 Å². The molecule has 1 N–H and O–H groups in total. The summed E-state index contributed by atoms with van der Waals surface area (Å²) in [6, 6.07) is 1.99. The van der Waals surface area contributed by atoms with E-state index in [1.807, 2.05) is 19.9 Å². The van der Waals surface area contributed by atoms with Crippen molar-refractivity contribution >= 4 is 0 Å². The summed E-state index contributed by atoms with van der Waals surface area (Å²) in [7, 11) is 1.57. The van der Waals surface area contributed by atoms with Gasteiger partial charge in [0.1, 0.15) is 0 Å². The third kappa shape index (κ3) is 2.82. The lowest BCUT2D eigenvalue weighted by atomic mass is 10.3. The molecule has 0 aliphatic heterocycles. The summed E-state index contributed by atoms with van der Waals surface area (Å²) in [5.41, 5.74) is 2.04. The van der Waals surface area contributed by atoms with Crippen LogP contribution in [0.25, 0.3) is 0 Å². The molecule has 0 aliphatic carbocycles. The number of aromatic nitrogens is 2. The highest BCUT2D eigenvalue weighted by Gasteiger charge is 2.07. The van der Waals surface area contributed by atoms with Crippen molar-refractivity contribution in [2.45, 2.75) is 26.5 Å².